The van der Waals surface area contributed by atoms with Crippen LogP contribution in [0, 0.1) is 5.92 Å². The van der Waals surface area contributed by atoms with Crippen LogP contribution in [-0.2, 0) is 15.7 Å². The van der Waals surface area contributed by atoms with Crippen molar-refractivity contribution in [3.63, 3.8) is 0 Å². The first-order valence-electron chi connectivity index (χ1n) is 7.36. The smallest absolute Gasteiger partial charge is 0.381 e. The number of carbonyl (C=O) groups is 1. The van der Waals surface area contributed by atoms with Gasteiger partial charge in [0, 0.05) is 19.6 Å². The maximum Gasteiger partial charge on any atom is 0.433 e. The normalized spacial score (nSPS) is 16.5. The second-order valence-corrected chi connectivity index (χ2v) is 5.43. The highest BCUT2D eigenvalue weighted by Crippen LogP contribution is 2.27. The van der Waals surface area contributed by atoms with Gasteiger partial charge in [0.25, 0.3) is 0 Å². The maximum absolute atomic E-state index is 12.4. The number of alkyl halides is 3. The largest absolute Gasteiger partial charge is 0.433 e. The summed E-state index contributed by atoms with van der Waals surface area (Å²) in [7, 11) is 0. The Kier molecular flexibility index (Phi) is 5.76. The Balaban J connectivity index is 1.72. The number of hydrogen-bond acceptors (Lipinski definition) is 3. The number of nitrogens with zero attached hydrogens (tertiary/aromatic N) is 1. The van der Waals surface area contributed by atoms with Crippen LogP contribution in [0.4, 0.5) is 18.9 Å². The molecule has 0 atom stereocenters. The van der Waals surface area contributed by atoms with Crippen LogP contribution in [0.5, 0.6) is 0 Å². The summed E-state index contributed by atoms with van der Waals surface area (Å²) in [5, 5.41) is 2.56. The number of pyridine rings is 1. The molecule has 1 saturated heterocycles. The molecule has 1 fully saturated rings. The first-order chi connectivity index (χ1) is 10.4. The molecule has 1 aromatic heterocycles. The quantitative estimate of drug-likeness (QED) is 0.902. The van der Waals surface area contributed by atoms with Gasteiger partial charge in [0.15, 0.2) is 0 Å². The van der Waals surface area contributed by atoms with E-state index in [1.807, 2.05) is 0 Å². The summed E-state index contributed by atoms with van der Waals surface area (Å²) in [6, 6.07) is 2.07. The van der Waals surface area contributed by atoms with Crippen molar-refractivity contribution in [1.29, 1.82) is 0 Å². The summed E-state index contributed by atoms with van der Waals surface area (Å²) < 4.78 is 42.4. The van der Waals surface area contributed by atoms with E-state index in [-0.39, 0.29) is 11.6 Å². The van der Waals surface area contributed by atoms with Crippen LogP contribution < -0.4 is 5.32 Å². The van der Waals surface area contributed by atoms with Crippen LogP contribution in [0.3, 0.4) is 0 Å². The first kappa shape index (κ1) is 16.7. The van der Waals surface area contributed by atoms with Crippen molar-refractivity contribution < 1.29 is 22.7 Å². The second-order valence-electron chi connectivity index (χ2n) is 5.43. The SMILES string of the molecule is O=C(CCCC1CCOCC1)Nc1ccc(C(F)(F)F)nc1. The van der Waals surface area contributed by atoms with Gasteiger partial charge in [0.2, 0.25) is 5.91 Å². The molecule has 1 aliphatic heterocycles. The molecule has 1 N–H and O–H groups in total. The Labute approximate surface area is 127 Å². The molecule has 4 nitrogen and oxygen atoms in total. The Hall–Kier alpha value is -1.63. The molecule has 122 valence electrons. The minimum atomic E-state index is -4.47. The van der Waals surface area contributed by atoms with E-state index in [4.69, 9.17) is 4.74 Å². The molecule has 2 heterocycles. The van der Waals surface area contributed by atoms with Crippen LogP contribution in [0.25, 0.3) is 0 Å². The summed E-state index contributed by atoms with van der Waals surface area (Å²) in [6.07, 6.45) is 0.727. The van der Waals surface area contributed by atoms with Crippen LogP contribution in [0.1, 0.15) is 37.8 Å². The van der Waals surface area contributed by atoms with E-state index in [1.54, 1.807) is 0 Å². The summed E-state index contributed by atoms with van der Waals surface area (Å²) in [4.78, 5) is 15.1. The van der Waals surface area contributed by atoms with Gasteiger partial charge in [-0.05, 0) is 43.7 Å². The number of amides is 1. The summed E-state index contributed by atoms with van der Waals surface area (Å²) in [5.74, 6) is 0.405. The van der Waals surface area contributed by atoms with Gasteiger partial charge in [-0.3, -0.25) is 4.79 Å². The van der Waals surface area contributed by atoms with Gasteiger partial charge >= 0.3 is 6.18 Å². The fraction of sp³-hybridized carbons (Fsp3) is 0.600. The van der Waals surface area contributed by atoms with Gasteiger partial charge in [0.1, 0.15) is 5.69 Å². The van der Waals surface area contributed by atoms with Crippen molar-refractivity contribution in [2.45, 2.75) is 38.3 Å². The molecule has 0 unspecified atom stereocenters. The van der Waals surface area contributed by atoms with Crippen molar-refractivity contribution in [3.8, 4) is 0 Å². The van der Waals surface area contributed by atoms with Crippen molar-refractivity contribution in [2.24, 2.45) is 5.92 Å². The predicted octanol–water partition coefficient (Wildman–Crippen LogP) is 3.64. The third-order valence-corrected chi connectivity index (χ3v) is 3.69. The van der Waals surface area contributed by atoms with Crippen molar-refractivity contribution in [1.82, 2.24) is 4.98 Å². The van der Waals surface area contributed by atoms with Crippen LogP contribution in [-0.4, -0.2) is 24.1 Å². The molecule has 2 rings (SSSR count). The molecule has 0 radical (unpaired) electrons. The zero-order chi connectivity index (χ0) is 16.0. The molecule has 0 aromatic carbocycles. The second kappa shape index (κ2) is 7.58. The van der Waals surface area contributed by atoms with Gasteiger partial charge in [0.05, 0.1) is 11.9 Å². The molecule has 1 aromatic rings. The zero-order valence-electron chi connectivity index (χ0n) is 12.2. The van der Waals surface area contributed by atoms with Crippen molar-refractivity contribution >= 4 is 11.6 Å². The highest BCUT2D eigenvalue weighted by molar-refractivity contribution is 5.90. The van der Waals surface area contributed by atoms with Gasteiger partial charge in [-0.15, -0.1) is 0 Å². The number of halogens is 3. The summed E-state index contributed by atoms with van der Waals surface area (Å²) in [6.45, 7) is 1.57. The number of nitrogens with one attached hydrogen (secondary N) is 1. The number of anilines is 1. The molecule has 0 aliphatic carbocycles. The third-order valence-electron chi connectivity index (χ3n) is 3.69. The summed E-state index contributed by atoms with van der Waals surface area (Å²) >= 11 is 0. The van der Waals surface area contributed by atoms with E-state index in [9.17, 15) is 18.0 Å². The minimum Gasteiger partial charge on any atom is -0.381 e. The van der Waals surface area contributed by atoms with Crippen LogP contribution in [0.2, 0.25) is 0 Å². The van der Waals surface area contributed by atoms with E-state index in [0.29, 0.717) is 12.3 Å². The molecule has 0 bridgehead atoms. The number of carbonyl (C=O) groups excluding carboxylic acids is 1. The first-order valence-corrected chi connectivity index (χ1v) is 7.36. The van der Waals surface area contributed by atoms with E-state index in [0.717, 1.165) is 51.2 Å². The lowest BCUT2D eigenvalue weighted by molar-refractivity contribution is -0.141. The van der Waals surface area contributed by atoms with Crippen LogP contribution >= 0.6 is 0 Å². The molecular weight excluding hydrogens is 297 g/mol. The molecule has 0 spiro atoms. The highest BCUT2D eigenvalue weighted by Gasteiger charge is 2.32. The molecule has 0 saturated carbocycles. The highest BCUT2D eigenvalue weighted by atomic mass is 19.4. The fourth-order valence-electron chi connectivity index (χ4n) is 2.45. The van der Waals surface area contributed by atoms with E-state index in [2.05, 4.69) is 10.3 Å². The van der Waals surface area contributed by atoms with Gasteiger partial charge in [-0.1, -0.05) is 0 Å². The lowest BCUT2D eigenvalue weighted by Gasteiger charge is -2.21. The predicted molar refractivity (Wildman–Crippen MR) is 75.3 cm³/mol. The van der Waals surface area contributed by atoms with Crippen LogP contribution in [0.15, 0.2) is 18.3 Å². The Morgan fingerprint density at radius 1 is 1.32 bits per heavy atom. The van der Waals surface area contributed by atoms with E-state index in [1.165, 1.54) is 6.07 Å². The number of hydrogen-bond donors (Lipinski definition) is 1. The lowest BCUT2D eigenvalue weighted by Crippen LogP contribution is -2.17. The van der Waals surface area contributed by atoms with Gasteiger partial charge in [-0.25, -0.2) is 4.98 Å². The van der Waals surface area contributed by atoms with Crippen molar-refractivity contribution in [3.05, 3.63) is 24.0 Å². The minimum absolute atomic E-state index is 0.200. The topological polar surface area (TPSA) is 51.2 Å². The number of rotatable bonds is 5. The number of ether oxygens (including phenoxy) is 1. The van der Waals surface area contributed by atoms with Crippen molar-refractivity contribution in [2.75, 3.05) is 18.5 Å². The standard InChI is InChI=1S/C15H19F3N2O2/c16-15(17,18)13-5-4-12(10-19-13)20-14(21)3-1-2-11-6-8-22-9-7-11/h4-5,10-11H,1-3,6-9H2,(H,20,21). The molecule has 22 heavy (non-hydrogen) atoms. The molecule has 1 amide bonds. The average molecular weight is 316 g/mol. The summed E-state index contributed by atoms with van der Waals surface area (Å²) in [5.41, 5.74) is -0.686. The third kappa shape index (κ3) is 5.29. The van der Waals surface area contributed by atoms with Gasteiger partial charge in [-0.2, -0.15) is 13.2 Å². The Morgan fingerprint density at radius 2 is 2.05 bits per heavy atom. The van der Waals surface area contributed by atoms with E-state index < -0.39 is 11.9 Å². The average Bonchev–Trinajstić information content (AvgIpc) is 2.48. The monoisotopic (exact) mass is 316 g/mol. The molecule has 7 heteroatoms. The molecular formula is C15H19F3N2O2. The van der Waals surface area contributed by atoms with Gasteiger partial charge < -0.3 is 10.1 Å². The number of aromatic nitrogens is 1. The zero-order valence-corrected chi connectivity index (χ0v) is 12.2. The maximum atomic E-state index is 12.4. The Morgan fingerprint density at radius 3 is 2.64 bits per heavy atom. The fourth-order valence-corrected chi connectivity index (χ4v) is 2.45. The Bertz CT molecular complexity index is 483. The molecule has 1 aliphatic rings. The van der Waals surface area contributed by atoms with E-state index >= 15 is 0 Å². The lowest BCUT2D eigenvalue weighted by atomic mass is 9.94.